The van der Waals surface area contributed by atoms with E-state index < -0.39 is 6.09 Å². The van der Waals surface area contributed by atoms with E-state index in [4.69, 9.17) is 4.74 Å². The van der Waals surface area contributed by atoms with Gasteiger partial charge in [0.05, 0.1) is 13.1 Å². The molecule has 1 fully saturated rings. The highest BCUT2D eigenvalue weighted by atomic mass is 16.6. The van der Waals surface area contributed by atoms with Crippen LogP contribution in [0, 0.1) is 0 Å². The van der Waals surface area contributed by atoms with Crippen molar-refractivity contribution in [3.05, 3.63) is 65.2 Å². The zero-order valence-electron chi connectivity index (χ0n) is 17.0. The average Bonchev–Trinajstić information content (AvgIpc) is 3.00. The van der Waals surface area contributed by atoms with Crippen LogP contribution in [0.15, 0.2) is 48.5 Å². The van der Waals surface area contributed by atoms with Gasteiger partial charge in [0.1, 0.15) is 6.10 Å². The van der Waals surface area contributed by atoms with Crippen molar-refractivity contribution in [2.24, 2.45) is 0 Å². The van der Waals surface area contributed by atoms with Gasteiger partial charge in [0, 0.05) is 31.3 Å². The van der Waals surface area contributed by atoms with Crippen molar-refractivity contribution in [2.45, 2.75) is 25.9 Å². The largest absolute Gasteiger partial charge is 0.442 e. The Kier molecular flexibility index (Phi) is 5.70. The van der Waals surface area contributed by atoms with Gasteiger partial charge in [-0.05, 0) is 48.2 Å². The number of carbonyl (C=O) groups is 3. The summed E-state index contributed by atoms with van der Waals surface area (Å²) in [5.74, 6) is -0.100. The number of ether oxygens (including phenoxy) is 1. The summed E-state index contributed by atoms with van der Waals surface area (Å²) in [5, 5.41) is 2.69. The minimum absolute atomic E-state index is 0.0487. The zero-order chi connectivity index (χ0) is 21.1. The first-order valence-electron chi connectivity index (χ1n) is 10.2. The molecule has 0 saturated carbocycles. The Morgan fingerprint density at radius 3 is 2.53 bits per heavy atom. The van der Waals surface area contributed by atoms with Gasteiger partial charge in [-0.1, -0.05) is 24.3 Å². The molecule has 3 amide bonds. The Morgan fingerprint density at radius 1 is 1.07 bits per heavy atom. The van der Waals surface area contributed by atoms with Gasteiger partial charge >= 0.3 is 6.09 Å². The monoisotopic (exact) mass is 407 g/mol. The van der Waals surface area contributed by atoms with Crippen molar-refractivity contribution in [3.63, 3.8) is 0 Å². The highest BCUT2D eigenvalue weighted by molar-refractivity contribution is 5.94. The van der Waals surface area contributed by atoms with E-state index in [1.54, 1.807) is 4.90 Å². The highest BCUT2D eigenvalue weighted by Crippen LogP contribution is 2.27. The number of benzene rings is 2. The fourth-order valence-electron chi connectivity index (χ4n) is 3.94. The van der Waals surface area contributed by atoms with Gasteiger partial charge in [-0.15, -0.1) is 0 Å². The quantitative estimate of drug-likeness (QED) is 0.844. The third-order valence-electron chi connectivity index (χ3n) is 5.56. The van der Waals surface area contributed by atoms with Crippen molar-refractivity contribution < 1.29 is 19.1 Å². The molecule has 2 aromatic rings. The molecule has 0 bridgehead atoms. The van der Waals surface area contributed by atoms with Crippen LogP contribution in [0.2, 0.25) is 0 Å². The van der Waals surface area contributed by atoms with E-state index in [9.17, 15) is 14.4 Å². The van der Waals surface area contributed by atoms with E-state index in [0.29, 0.717) is 31.7 Å². The Morgan fingerprint density at radius 2 is 1.80 bits per heavy atom. The topological polar surface area (TPSA) is 79.0 Å². The maximum atomic E-state index is 12.8. The summed E-state index contributed by atoms with van der Waals surface area (Å²) >= 11 is 0. The van der Waals surface area contributed by atoms with E-state index in [1.165, 1.54) is 12.5 Å². The van der Waals surface area contributed by atoms with Gasteiger partial charge in [-0.25, -0.2) is 4.79 Å². The molecule has 2 aromatic carbocycles. The third kappa shape index (κ3) is 4.30. The predicted molar refractivity (Wildman–Crippen MR) is 112 cm³/mol. The highest BCUT2D eigenvalue weighted by Gasteiger charge is 2.32. The molecule has 0 aliphatic carbocycles. The molecule has 0 radical (unpaired) electrons. The number of nitrogens with one attached hydrogen (secondary N) is 1. The number of carbonyl (C=O) groups excluding carboxylic acids is 3. The minimum atomic E-state index is -0.403. The Balaban J connectivity index is 1.44. The minimum Gasteiger partial charge on any atom is -0.442 e. The van der Waals surface area contributed by atoms with Crippen LogP contribution in [-0.2, 0) is 22.4 Å². The lowest BCUT2D eigenvalue weighted by Gasteiger charge is -2.20. The van der Waals surface area contributed by atoms with Gasteiger partial charge in [-0.3, -0.25) is 14.5 Å². The second kappa shape index (κ2) is 8.57. The van der Waals surface area contributed by atoms with Crippen LogP contribution >= 0.6 is 0 Å². The first-order chi connectivity index (χ1) is 14.5. The van der Waals surface area contributed by atoms with Crippen molar-refractivity contribution in [3.8, 4) is 0 Å². The van der Waals surface area contributed by atoms with Crippen molar-refractivity contribution in [1.82, 2.24) is 10.2 Å². The van der Waals surface area contributed by atoms with Gasteiger partial charge in [0.15, 0.2) is 0 Å². The molecule has 1 unspecified atom stereocenters. The maximum absolute atomic E-state index is 12.8. The number of rotatable bonds is 4. The fourth-order valence-corrected chi connectivity index (χ4v) is 3.94. The molecule has 2 aliphatic heterocycles. The molecule has 4 rings (SSSR count). The maximum Gasteiger partial charge on any atom is 0.414 e. The van der Waals surface area contributed by atoms with E-state index in [2.05, 4.69) is 5.32 Å². The Bertz CT molecular complexity index is 960. The predicted octanol–water partition coefficient (Wildman–Crippen LogP) is 2.39. The molecule has 2 heterocycles. The van der Waals surface area contributed by atoms with Crippen LogP contribution in [0.3, 0.4) is 0 Å². The normalized spacial score (nSPS) is 18.4. The SMILES string of the molecule is CC(=O)NCC1CN(c2ccc3c(c2)CCN(C(=O)c2ccccc2)CC3)C(=O)O1. The van der Waals surface area contributed by atoms with Crippen LogP contribution in [0.25, 0.3) is 0 Å². The summed E-state index contributed by atoms with van der Waals surface area (Å²) in [4.78, 5) is 39.7. The molecule has 1 N–H and O–H groups in total. The molecule has 2 aliphatic rings. The average molecular weight is 407 g/mol. The summed E-state index contributed by atoms with van der Waals surface area (Å²) in [7, 11) is 0. The van der Waals surface area contributed by atoms with Crippen molar-refractivity contribution in [1.29, 1.82) is 0 Å². The van der Waals surface area contributed by atoms with Crippen LogP contribution in [-0.4, -0.2) is 55.1 Å². The van der Waals surface area contributed by atoms with E-state index >= 15 is 0 Å². The lowest BCUT2D eigenvalue weighted by Crippen LogP contribution is -2.33. The number of hydrogen-bond acceptors (Lipinski definition) is 4. The molecule has 0 aromatic heterocycles. The molecule has 1 saturated heterocycles. The zero-order valence-corrected chi connectivity index (χ0v) is 17.0. The molecular weight excluding hydrogens is 382 g/mol. The number of hydrogen-bond donors (Lipinski definition) is 1. The standard InChI is InChI=1S/C23H25N3O4/c1-16(27)24-14-21-15-26(23(29)30-21)20-8-7-17-9-11-25(12-10-19(17)13-20)22(28)18-5-3-2-4-6-18/h2-8,13,21H,9-12,14-15H2,1H3,(H,24,27). The van der Waals surface area contributed by atoms with Crippen LogP contribution in [0.1, 0.15) is 28.4 Å². The smallest absolute Gasteiger partial charge is 0.414 e. The van der Waals surface area contributed by atoms with Gasteiger partial charge in [0.25, 0.3) is 5.91 Å². The Hall–Kier alpha value is -3.35. The third-order valence-corrected chi connectivity index (χ3v) is 5.56. The first kappa shape index (κ1) is 19.9. The Labute approximate surface area is 175 Å². The van der Waals surface area contributed by atoms with Crippen LogP contribution in [0.5, 0.6) is 0 Å². The second-order valence-electron chi connectivity index (χ2n) is 7.66. The summed E-state index contributed by atoms with van der Waals surface area (Å²) in [6.45, 7) is 3.45. The lowest BCUT2D eigenvalue weighted by atomic mass is 10.0. The number of amides is 3. The molecule has 0 spiro atoms. The summed E-state index contributed by atoms with van der Waals surface area (Å²) in [5.41, 5.74) is 3.83. The number of anilines is 1. The molecule has 1 atom stereocenters. The number of fused-ring (bicyclic) bond motifs is 1. The van der Waals surface area contributed by atoms with Gasteiger partial charge in [0.2, 0.25) is 5.91 Å². The molecule has 7 heteroatoms. The van der Waals surface area contributed by atoms with Crippen LogP contribution in [0.4, 0.5) is 10.5 Å². The summed E-state index contributed by atoms with van der Waals surface area (Å²) in [6, 6.07) is 15.3. The molecule has 7 nitrogen and oxygen atoms in total. The van der Waals surface area contributed by atoms with Crippen LogP contribution < -0.4 is 10.2 Å². The van der Waals surface area contributed by atoms with Gasteiger partial charge in [-0.2, -0.15) is 0 Å². The second-order valence-corrected chi connectivity index (χ2v) is 7.66. The number of nitrogens with zero attached hydrogens (tertiary/aromatic N) is 2. The molecule has 156 valence electrons. The number of cyclic esters (lactones) is 1. The van der Waals surface area contributed by atoms with E-state index in [0.717, 1.165) is 24.1 Å². The van der Waals surface area contributed by atoms with Crippen molar-refractivity contribution in [2.75, 3.05) is 31.1 Å². The molecule has 30 heavy (non-hydrogen) atoms. The van der Waals surface area contributed by atoms with Gasteiger partial charge < -0.3 is 15.0 Å². The lowest BCUT2D eigenvalue weighted by molar-refractivity contribution is -0.119. The fraction of sp³-hybridized carbons (Fsp3) is 0.348. The molecular formula is C23H25N3O4. The summed E-state index contributed by atoms with van der Waals surface area (Å²) < 4.78 is 5.36. The van der Waals surface area contributed by atoms with E-state index in [-0.39, 0.29) is 17.9 Å². The van der Waals surface area contributed by atoms with Crippen molar-refractivity contribution >= 4 is 23.6 Å². The van der Waals surface area contributed by atoms with E-state index in [1.807, 2.05) is 53.4 Å². The summed E-state index contributed by atoms with van der Waals surface area (Å²) in [6.07, 6.45) is 0.753. The first-order valence-corrected chi connectivity index (χ1v) is 10.2.